The van der Waals surface area contributed by atoms with Crippen LogP contribution < -0.4 is 0 Å². The Bertz CT molecular complexity index is 493. The average Bonchev–Trinajstić information content (AvgIpc) is 2.69. The number of fused-ring (bicyclic) bond motifs is 2. The molecule has 2 heterocycles. The number of rotatable bonds is 4. The predicted octanol–water partition coefficient (Wildman–Crippen LogP) is 3.21. The molecule has 0 aliphatic carbocycles. The van der Waals surface area contributed by atoms with Crippen LogP contribution in [0.1, 0.15) is 37.7 Å². The molecule has 1 aromatic rings. The Hall–Kier alpha value is -1.61. The highest BCUT2D eigenvalue weighted by Gasteiger charge is 2.38. The van der Waals surface area contributed by atoms with Crippen LogP contribution in [-0.4, -0.2) is 28.1 Å². The normalized spacial score (nSPS) is 25.7. The van der Waals surface area contributed by atoms with E-state index >= 15 is 0 Å². The highest BCUT2D eigenvalue weighted by Crippen LogP contribution is 2.39. The minimum Gasteiger partial charge on any atom is -0.481 e. The van der Waals surface area contributed by atoms with Gasteiger partial charge in [0, 0.05) is 18.6 Å². The third kappa shape index (κ3) is 2.93. The zero-order valence-corrected chi connectivity index (χ0v) is 11.7. The van der Waals surface area contributed by atoms with Crippen LogP contribution in [0.15, 0.2) is 42.0 Å². The number of benzene rings is 1. The molecular weight excluding hydrogens is 250 g/mol. The number of piperidine rings is 1. The van der Waals surface area contributed by atoms with E-state index in [-0.39, 0.29) is 6.42 Å². The summed E-state index contributed by atoms with van der Waals surface area (Å²) in [5, 5.41) is 8.78. The van der Waals surface area contributed by atoms with Crippen LogP contribution in [0.25, 0.3) is 0 Å². The smallest absolute Gasteiger partial charge is 0.307 e. The van der Waals surface area contributed by atoms with Crippen molar-refractivity contribution >= 4 is 5.97 Å². The minimum absolute atomic E-state index is 0.174. The molecule has 1 N–H and O–H groups in total. The van der Waals surface area contributed by atoms with Gasteiger partial charge in [0.25, 0.3) is 0 Å². The summed E-state index contributed by atoms with van der Waals surface area (Å²) in [5.41, 5.74) is 2.73. The van der Waals surface area contributed by atoms with Crippen molar-refractivity contribution in [2.75, 3.05) is 0 Å². The van der Waals surface area contributed by atoms with Crippen molar-refractivity contribution in [1.82, 2.24) is 4.90 Å². The van der Waals surface area contributed by atoms with Crippen LogP contribution in [0.3, 0.4) is 0 Å². The molecule has 2 bridgehead atoms. The first-order valence-corrected chi connectivity index (χ1v) is 7.42. The largest absolute Gasteiger partial charge is 0.481 e. The van der Waals surface area contributed by atoms with Gasteiger partial charge in [0.2, 0.25) is 0 Å². The number of carboxylic acid groups (broad SMARTS) is 1. The second kappa shape index (κ2) is 5.80. The topological polar surface area (TPSA) is 40.5 Å². The lowest BCUT2D eigenvalue weighted by molar-refractivity contribution is -0.136. The molecule has 3 rings (SSSR count). The van der Waals surface area contributed by atoms with Gasteiger partial charge in [0.1, 0.15) is 0 Å². The Balaban J connectivity index is 1.66. The standard InChI is InChI=1S/C17H21NO2/c19-17(20)9-6-14-10-15-7-8-16(11-14)18(15)12-13-4-2-1-3-5-13/h1-6,15-16H,7-12H2,(H,19,20). The Kier molecular flexibility index (Phi) is 3.88. The van der Waals surface area contributed by atoms with E-state index in [0.29, 0.717) is 12.1 Å². The summed E-state index contributed by atoms with van der Waals surface area (Å²) in [6.45, 7) is 1.03. The van der Waals surface area contributed by atoms with Gasteiger partial charge in [-0.25, -0.2) is 0 Å². The maximum Gasteiger partial charge on any atom is 0.307 e. The quantitative estimate of drug-likeness (QED) is 0.855. The highest BCUT2D eigenvalue weighted by atomic mass is 16.4. The molecular formula is C17H21NO2. The number of nitrogens with zero attached hydrogens (tertiary/aromatic N) is 1. The molecule has 0 aromatic heterocycles. The first kappa shape index (κ1) is 13.4. The lowest BCUT2D eigenvalue weighted by atomic mass is 9.95. The first-order chi connectivity index (χ1) is 9.72. The van der Waals surface area contributed by atoms with Gasteiger partial charge in [0.05, 0.1) is 6.42 Å². The van der Waals surface area contributed by atoms with Crippen LogP contribution in [0.5, 0.6) is 0 Å². The maximum absolute atomic E-state index is 10.7. The van der Waals surface area contributed by atoms with Gasteiger partial charge >= 0.3 is 5.97 Å². The lowest BCUT2D eigenvalue weighted by Gasteiger charge is -2.36. The molecule has 20 heavy (non-hydrogen) atoms. The molecule has 2 fully saturated rings. The SMILES string of the molecule is O=C(O)CC=C1CC2CCC(C1)N2Cc1ccccc1. The van der Waals surface area contributed by atoms with Crippen molar-refractivity contribution in [2.24, 2.45) is 0 Å². The maximum atomic E-state index is 10.7. The van der Waals surface area contributed by atoms with Crippen LogP contribution in [0, 0.1) is 0 Å². The fourth-order valence-corrected chi connectivity index (χ4v) is 3.59. The van der Waals surface area contributed by atoms with Crippen molar-refractivity contribution < 1.29 is 9.90 Å². The summed E-state index contributed by atoms with van der Waals surface area (Å²) in [6.07, 6.45) is 6.72. The molecule has 2 aliphatic rings. The second-order valence-electron chi connectivity index (χ2n) is 5.91. The molecule has 0 amide bonds. The summed E-state index contributed by atoms with van der Waals surface area (Å²) < 4.78 is 0. The summed E-state index contributed by atoms with van der Waals surface area (Å²) >= 11 is 0. The molecule has 0 saturated carbocycles. The predicted molar refractivity (Wildman–Crippen MR) is 78.4 cm³/mol. The van der Waals surface area contributed by atoms with Gasteiger partial charge in [-0.15, -0.1) is 0 Å². The zero-order valence-electron chi connectivity index (χ0n) is 11.7. The highest BCUT2D eigenvalue weighted by molar-refractivity contribution is 5.68. The molecule has 3 nitrogen and oxygen atoms in total. The number of aliphatic carboxylic acids is 1. The van der Waals surface area contributed by atoms with E-state index in [9.17, 15) is 4.79 Å². The fraction of sp³-hybridized carbons (Fsp3) is 0.471. The van der Waals surface area contributed by atoms with E-state index in [4.69, 9.17) is 5.11 Å². The van der Waals surface area contributed by atoms with Crippen LogP contribution >= 0.6 is 0 Å². The van der Waals surface area contributed by atoms with E-state index in [0.717, 1.165) is 19.4 Å². The average molecular weight is 271 g/mol. The summed E-state index contributed by atoms with van der Waals surface area (Å²) in [6, 6.07) is 11.8. The summed E-state index contributed by atoms with van der Waals surface area (Å²) in [7, 11) is 0. The summed E-state index contributed by atoms with van der Waals surface area (Å²) in [5.74, 6) is -0.725. The Morgan fingerprint density at radius 2 is 1.85 bits per heavy atom. The van der Waals surface area contributed by atoms with Gasteiger partial charge in [-0.3, -0.25) is 9.69 Å². The lowest BCUT2D eigenvalue weighted by Crippen LogP contribution is -2.39. The van der Waals surface area contributed by atoms with Gasteiger partial charge in [-0.2, -0.15) is 0 Å². The molecule has 0 spiro atoms. The van der Waals surface area contributed by atoms with Crippen LogP contribution in [0.4, 0.5) is 0 Å². The monoisotopic (exact) mass is 271 g/mol. The van der Waals surface area contributed by atoms with E-state index in [1.165, 1.54) is 24.0 Å². The number of hydrogen-bond acceptors (Lipinski definition) is 2. The molecule has 2 atom stereocenters. The van der Waals surface area contributed by atoms with Crippen molar-refractivity contribution in [3.63, 3.8) is 0 Å². The van der Waals surface area contributed by atoms with Crippen molar-refractivity contribution in [1.29, 1.82) is 0 Å². The molecule has 3 heteroatoms. The van der Waals surface area contributed by atoms with Crippen LogP contribution in [0.2, 0.25) is 0 Å². The molecule has 2 unspecified atom stereocenters. The Morgan fingerprint density at radius 3 is 2.45 bits per heavy atom. The molecule has 2 aliphatic heterocycles. The van der Waals surface area contributed by atoms with E-state index in [1.807, 2.05) is 6.08 Å². The van der Waals surface area contributed by atoms with Gasteiger partial charge in [-0.1, -0.05) is 42.0 Å². The molecule has 106 valence electrons. The zero-order chi connectivity index (χ0) is 13.9. The Labute approximate surface area is 119 Å². The van der Waals surface area contributed by atoms with Crippen molar-refractivity contribution in [2.45, 2.75) is 50.7 Å². The van der Waals surface area contributed by atoms with Crippen molar-refractivity contribution in [3.8, 4) is 0 Å². The minimum atomic E-state index is -0.725. The fourth-order valence-electron chi connectivity index (χ4n) is 3.59. The van der Waals surface area contributed by atoms with Crippen LogP contribution in [-0.2, 0) is 11.3 Å². The van der Waals surface area contributed by atoms with Gasteiger partial charge < -0.3 is 5.11 Å². The van der Waals surface area contributed by atoms with Gasteiger partial charge in [0.15, 0.2) is 0 Å². The molecule has 1 aromatic carbocycles. The number of hydrogen-bond donors (Lipinski definition) is 1. The van der Waals surface area contributed by atoms with Gasteiger partial charge in [-0.05, 0) is 31.2 Å². The number of carbonyl (C=O) groups is 1. The third-order valence-corrected chi connectivity index (χ3v) is 4.54. The second-order valence-corrected chi connectivity index (χ2v) is 5.91. The number of carboxylic acids is 1. The van der Waals surface area contributed by atoms with E-state index in [2.05, 4.69) is 35.2 Å². The molecule has 2 saturated heterocycles. The molecule has 0 radical (unpaired) electrons. The third-order valence-electron chi connectivity index (χ3n) is 4.54. The van der Waals surface area contributed by atoms with Crippen molar-refractivity contribution in [3.05, 3.63) is 47.5 Å². The summed E-state index contributed by atoms with van der Waals surface area (Å²) in [4.78, 5) is 13.3. The Morgan fingerprint density at radius 1 is 1.20 bits per heavy atom. The first-order valence-electron chi connectivity index (χ1n) is 7.42. The van der Waals surface area contributed by atoms with E-state index < -0.39 is 5.97 Å². The van der Waals surface area contributed by atoms with E-state index in [1.54, 1.807) is 0 Å².